The molecule has 2 aliphatic rings. The van der Waals surface area contributed by atoms with Crippen molar-refractivity contribution in [2.45, 2.75) is 23.5 Å². The number of methoxy groups -OCH3 is 1. The second kappa shape index (κ2) is 12.5. The number of amides is 3. The minimum atomic E-state index is -1.05. The van der Waals surface area contributed by atoms with Gasteiger partial charge in [-0.1, -0.05) is 28.3 Å². The van der Waals surface area contributed by atoms with Crippen LogP contribution < -0.4 is 10.6 Å². The number of esters is 1. The molecule has 1 aromatic carbocycles. The van der Waals surface area contributed by atoms with Crippen LogP contribution in [0.5, 0.6) is 0 Å². The number of halogens is 1. The molecule has 1 saturated heterocycles. The van der Waals surface area contributed by atoms with E-state index in [1.165, 1.54) is 61.2 Å². The molecule has 18 heteroatoms. The van der Waals surface area contributed by atoms with Gasteiger partial charge < -0.3 is 24.9 Å². The van der Waals surface area contributed by atoms with Crippen LogP contribution in [0.1, 0.15) is 11.3 Å². The topological polar surface area (TPSA) is 192 Å². The van der Waals surface area contributed by atoms with Gasteiger partial charge in [0.15, 0.2) is 10.8 Å². The Morgan fingerprint density at radius 3 is 2.65 bits per heavy atom. The zero-order valence-electron chi connectivity index (χ0n) is 20.6. The number of oxime groups is 1. The van der Waals surface area contributed by atoms with E-state index in [0.717, 1.165) is 11.3 Å². The summed E-state index contributed by atoms with van der Waals surface area (Å²) in [7, 11) is 2.65. The number of anilines is 1. The standard InChI is InChI=1S/C22H19BrN6O9S2/c1-36-13-7-12(21(33)38-8-10-3-5-11(6-4-10)29(34)35)28-19(32)16(20(28)39-13)25-18(31)15(27-37-2)14-17(23)40-22(26-14)24-9-30/h3-7,9,13,16,20H,8H2,1-2H3,(H,25,31)(H,24,26,30)/t13?,16?,20-/m0/s1. The molecule has 210 valence electrons. The number of nitrogens with one attached hydrogen (secondary N) is 2. The van der Waals surface area contributed by atoms with E-state index in [4.69, 9.17) is 14.3 Å². The Kier molecular flexibility index (Phi) is 9.13. The smallest absolute Gasteiger partial charge is 0.355 e. The number of carbonyl (C=O) groups is 4. The van der Waals surface area contributed by atoms with Crippen molar-refractivity contribution >= 4 is 79.8 Å². The lowest BCUT2D eigenvalue weighted by atomic mass is 10.0. The van der Waals surface area contributed by atoms with E-state index in [9.17, 15) is 29.3 Å². The molecule has 3 heterocycles. The molecule has 15 nitrogen and oxygen atoms in total. The van der Waals surface area contributed by atoms with Crippen molar-refractivity contribution in [2.75, 3.05) is 19.5 Å². The third-order valence-corrected chi connectivity index (χ3v) is 8.50. The number of β-lactam (4-membered cyclic amide) rings is 1. The summed E-state index contributed by atoms with van der Waals surface area (Å²) < 4.78 is 11.1. The fourth-order valence-electron chi connectivity index (χ4n) is 3.66. The minimum Gasteiger partial charge on any atom is -0.456 e. The average Bonchev–Trinajstić information content (AvgIpc) is 3.31. The molecule has 0 saturated carbocycles. The van der Waals surface area contributed by atoms with Crippen LogP contribution in [0.15, 0.2) is 45.0 Å². The molecule has 0 spiro atoms. The molecule has 0 bridgehead atoms. The largest absolute Gasteiger partial charge is 0.456 e. The molecule has 4 rings (SSSR count). The van der Waals surface area contributed by atoms with Gasteiger partial charge in [0.25, 0.3) is 17.5 Å². The van der Waals surface area contributed by atoms with Crippen molar-refractivity contribution in [2.24, 2.45) is 5.16 Å². The lowest BCUT2D eigenvalue weighted by molar-refractivity contribution is -0.384. The van der Waals surface area contributed by atoms with Gasteiger partial charge in [-0.15, -0.1) is 0 Å². The number of rotatable bonds is 11. The highest BCUT2D eigenvalue weighted by molar-refractivity contribution is 9.11. The summed E-state index contributed by atoms with van der Waals surface area (Å²) in [6.45, 7) is -0.188. The van der Waals surface area contributed by atoms with Gasteiger partial charge in [0, 0.05) is 19.2 Å². The van der Waals surface area contributed by atoms with E-state index in [1.807, 2.05) is 0 Å². The van der Waals surface area contributed by atoms with Crippen LogP contribution in [-0.4, -0.2) is 75.8 Å². The maximum absolute atomic E-state index is 13.1. The Labute approximate surface area is 242 Å². The normalized spacial score (nSPS) is 20.0. The van der Waals surface area contributed by atoms with Crippen molar-refractivity contribution < 1.29 is 38.4 Å². The predicted molar refractivity (Wildman–Crippen MR) is 145 cm³/mol. The van der Waals surface area contributed by atoms with Crippen LogP contribution in [0, 0.1) is 10.1 Å². The number of thiazole rings is 1. The summed E-state index contributed by atoms with van der Waals surface area (Å²) in [5, 5.41) is 19.0. The van der Waals surface area contributed by atoms with Gasteiger partial charge >= 0.3 is 5.97 Å². The van der Waals surface area contributed by atoms with Gasteiger partial charge in [-0.2, -0.15) is 0 Å². The number of nitro groups is 1. The summed E-state index contributed by atoms with van der Waals surface area (Å²) in [4.78, 5) is 70.3. The van der Waals surface area contributed by atoms with Crippen LogP contribution >= 0.6 is 39.0 Å². The molecular weight excluding hydrogens is 636 g/mol. The molecule has 3 amide bonds. The van der Waals surface area contributed by atoms with Crippen LogP contribution in [-0.2, 0) is 40.1 Å². The molecule has 3 atom stereocenters. The van der Waals surface area contributed by atoms with Crippen LogP contribution in [0.3, 0.4) is 0 Å². The SMILES string of the molecule is CON=C(C(=O)NC1C(=O)N2C(C(=O)OCc3ccc([N+](=O)[O-])cc3)=CC(OC)S[C@@H]12)c1nc(NC=O)sc1Br. The van der Waals surface area contributed by atoms with Crippen LogP contribution in [0.4, 0.5) is 10.8 Å². The lowest BCUT2D eigenvalue weighted by Gasteiger charge is -2.49. The zero-order valence-corrected chi connectivity index (χ0v) is 23.8. The number of fused-ring (bicyclic) bond motifs is 1. The number of hydrogen-bond donors (Lipinski definition) is 2. The highest BCUT2D eigenvalue weighted by Gasteiger charge is 2.55. The summed E-state index contributed by atoms with van der Waals surface area (Å²) in [6.07, 6.45) is 1.86. The number of thioether (sulfide) groups is 1. The van der Waals surface area contributed by atoms with Gasteiger partial charge in [0.05, 0.1) is 4.92 Å². The van der Waals surface area contributed by atoms with Crippen molar-refractivity contribution in [1.29, 1.82) is 0 Å². The molecule has 2 unspecified atom stereocenters. The first-order valence-corrected chi connectivity index (χ1v) is 13.7. The Balaban J connectivity index is 1.47. The average molecular weight is 655 g/mol. The first-order chi connectivity index (χ1) is 19.2. The molecule has 1 fully saturated rings. The quantitative estimate of drug-likeness (QED) is 0.0895. The lowest BCUT2D eigenvalue weighted by Crippen LogP contribution is -2.71. The maximum Gasteiger partial charge on any atom is 0.355 e. The molecule has 2 aromatic rings. The highest BCUT2D eigenvalue weighted by Crippen LogP contribution is 2.41. The van der Waals surface area contributed by atoms with E-state index in [1.54, 1.807) is 0 Å². The third kappa shape index (κ3) is 5.98. The number of aromatic nitrogens is 1. The Bertz CT molecular complexity index is 1410. The van der Waals surface area contributed by atoms with E-state index in [0.29, 0.717) is 15.8 Å². The van der Waals surface area contributed by atoms with Gasteiger partial charge in [0.1, 0.15) is 45.7 Å². The second-order valence-electron chi connectivity index (χ2n) is 7.87. The van der Waals surface area contributed by atoms with E-state index >= 15 is 0 Å². The first-order valence-electron chi connectivity index (χ1n) is 11.1. The van der Waals surface area contributed by atoms with Gasteiger partial charge in [-0.3, -0.25) is 29.4 Å². The van der Waals surface area contributed by atoms with E-state index < -0.39 is 39.6 Å². The number of carbonyl (C=O) groups excluding carboxylic acids is 4. The maximum atomic E-state index is 13.1. The zero-order chi connectivity index (χ0) is 29.0. The number of nitrogens with zero attached hydrogens (tertiary/aromatic N) is 4. The van der Waals surface area contributed by atoms with E-state index in [2.05, 4.69) is 36.7 Å². The number of non-ortho nitro benzene ring substituents is 1. The Morgan fingerprint density at radius 1 is 1.30 bits per heavy atom. The third-order valence-electron chi connectivity index (χ3n) is 5.51. The second-order valence-corrected chi connectivity index (χ2v) is 11.4. The highest BCUT2D eigenvalue weighted by atomic mass is 79.9. The Hall–Kier alpha value is -3.87. The monoisotopic (exact) mass is 654 g/mol. The number of ether oxygens (including phenoxy) is 2. The molecular formula is C22H19BrN6O9S2. The fourth-order valence-corrected chi connectivity index (χ4v) is 6.32. The van der Waals surface area contributed by atoms with E-state index in [-0.39, 0.29) is 34.5 Å². The number of hydrogen-bond acceptors (Lipinski definition) is 13. The van der Waals surface area contributed by atoms with Crippen molar-refractivity contribution in [1.82, 2.24) is 15.2 Å². The van der Waals surface area contributed by atoms with Crippen molar-refractivity contribution in [3.8, 4) is 0 Å². The summed E-state index contributed by atoms with van der Waals surface area (Å²) >= 11 is 5.50. The summed E-state index contributed by atoms with van der Waals surface area (Å²) in [5.74, 6) is -2.17. The molecule has 1 aromatic heterocycles. The van der Waals surface area contributed by atoms with Crippen LogP contribution in [0.2, 0.25) is 0 Å². The molecule has 2 aliphatic heterocycles. The number of benzene rings is 1. The van der Waals surface area contributed by atoms with Crippen molar-refractivity contribution in [3.05, 3.63) is 61.2 Å². The van der Waals surface area contributed by atoms with Crippen LogP contribution in [0.25, 0.3) is 0 Å². The van der Waals surface area contributed by atoms with Crippen molar-refractivity contribution in [3.63, 3.8) is 0 Å². The molecule has 0 radical (unpaired) electrons. The predicted octanol–water partition coefficient (Wildman–Crippen LogP) is 1.73. The van der Waals surface area contributed by atoms with Gasteiger partial charge in [-0.25, -0.2) is 9.78 Å². The summed E-state index contributed by atoms with van der Waals surface area (Å²) in [6, 6.07) is 4.43. The Morgan fingerprint density at radius 2 is 2.02 bits per heavy atom. The number of nitro benzene ring substituents is 1. The van der Waals surface area contributed by atoms with Gasteiger partial charge in [0.2, 0.25) is 6.41 Å². The minimum absolute atomic E-state index is 0.0642. The molecule has 2 N–H and O–H groups in total. The first kappa shape index (κ1) is 29.1. The van der Waals surface area contributed by atoms with Gasteiger partial charge in [-0.05, 0) is 39.7 Å². The molecule has 40 heavy (non-hydrogen) atoms. The fraction of sp³-hybridized carbons (Fsp3) is 0.273. The molecule has 0 aliphatic carbocycles. The summed E-state index contributed by atoms with van der Waals surface area (Å²) in [5.41, 5.74) is -0.463.